The van der Waals surface area contributed by atoms with Crippen molar-refractivity contribution in [2.45, 2.75) is 70.4 Å². The number of aromatic carboxylic acids is 1. The summed E-state index contributed by atoms with van der Waals surface area (Å²) in [4.78, 5) is 38.3. The molecule has 31 heavy (non-hydrogen) atoms. The van der Waals surface area contributed by atoms with Gasteiger partial charge in [-0.2, -0.15) is 0 Å². The van der Waals surface area contributed by atoms with Gasteiger partial charge in [0.05, 0.1) is 5.56 Å². The molecule has 0 radical (unpaired) electrons. The first-order valence-corrected chi connectivity index (χ1v) is 10.8. The number of primary amides is 1. The third-order valence-electron chi connectivity index (χ3n) is 6.33. The standard InChI is InChI=1S/C23H31FN2O5/c1-23(2,3)31-22(30)26-12-16(14-10-7-11-15(18(14)24)21(28)29)17(19(26)20(25)27)13-8-5-4-6-9-13/h7,10-11,13,16-17,19H,4-6,8-9,12H2,1-3H3,(H2,25,27)(H,28,29)/t16?,17-,19+/m1/s1. The van der Waals surface area contributed by atoms with Crippen molar-refractivity contribution in [2.24, 2.45) is 17.6 Å². The van der Waals surface area contributed by atoms with Crippen LogP contribution in [0.25, 0.3) is 0 Å². The lowest BCUT2D eigenvalue weighted by molar-refractivity contribution is -0.124. The van der Waals surface area contributed by atoms with Crippen LogP contribution in [0.3, 0.4) is 0 Å². The van der Waals surface area contributed by atoms with E-state index in [0.29, 0.717) is 0 Å². The molecule has 1 aliphatic carbocycles. The Labute approximate surface area is 181 Å². The van der Waals surface area contributed by atoms with Crippen LogP contribution in [0, 0.1) is 17.7 Å². The molecule has 170 valence electrons. The van der Waals surface area contributed by atoms with Crippen molar-refractivity contribution in [2.75, 3.05) is 6.54 Å². The third kappa shape index (κ3) is 4.83. The van der Waals surface area contributed by atoms with Crippen LogP contribution in [0.15, 0.2) is 18.2 Å². The summed E-state index contributed by atoms with van der Waals surface area (Å²) in [6, 6.07) is 3.31. The Morgan fingerprint density at radius 3 is 2.35 bits per heavy atom. The number of halogens is 1. The van der Waals surface area contributed by atoms with Crippen LogP contribution in [0.1, 0.15) is 74.7 Å². The molecular weight excluding hydrogens is 403 g/mol. The van der Waals surface area contributed by atoms with E-state index in [1.165, 1.54) is 17.0 Å². The molecule has 1 aliphatic heterocycles. The Morgan fingerprint density at radius 1 is 1.16 bits per heavy atom. The fraction of sp³-hybridized carbons (Fsp3) is 0.609. The lowest BCUT2D eigenvalue weighted by Gasteiger charge is -2.35. The smallest absolute Gasteiger partial charge is 0.411 e. The second-order valence-corrected chi connectivity index (χ2v) is 9.58. The number of amides is 2. The summed E-state index contributed by atoms with van der Waals surface area (Å²) in [5, 5.41) is 9.36. The molecule has 3 N–H and O–H groups in total. The van der Waals surface area contributed by atoms with Gasteiger partial charge in [0.2, 0.25) is 5.91 Å². The van der Waals surface area contributed by atoms with Gasteiger partial charge in [0.1, 0.15) is 17.5 Å². The summed E-state index contributed by atoms with van der Waals surface area (Å²) in [6.45, 7) is 5.23. The first-order chi connectivity index (χ1) is 14.5. The van der Waals surface area contributed by atoms with Crippen LogP contribution < -0.4 is 5.73 Å². The highest BCUT2D eigenvalue weighted by Crippen LogP contribution is 2.47. The molecule has 0 aromatic heterocycles. The molecule has 0 bridgehead atoms. The van der Waals surface area contributed by atoms with Crippen molar-refractivity contribution in [1.29, 1.82) is 0 Å². The van der Waals surface area contributed by atoms with Crippen LogP contribution >= 0.6 is 0 Å². The number of carbonyl (C=O) groups is 3. The van der Waals surface area contributed by atoms with E-state index < -0.39 is 52.8 Å². The quantitative estimate of drug-likeness (QED) is 0.747. The molecule has 1 aromatic carbocycles. The monoisotopic (exact) mass is 434 g/mol. The lowest BCUT2D eigenvalue weighted by atomic mass is 9.70. The van der Waals surface area contributed by atoms with Gasteiger partial charge < -0.3 is 15.6 Å². The number of hydrogen-bond acceptors (Lipinski definition) is 4. The van der Waals surface area contributed by atoms with Crippen molar-refractivity contribution in [1.82, 2.24) is 4.90 Å². The number of hydrogen-bond donors (Lipinski definition) is 2. The number of rotatable bonds is 4. The predicted molar refractivity (Wildman–Crippen MR) is 112 cm³/mol. The summed E-state index contributed by atoms with van der Waals surface area (Å²) < 4.78 is 20.7. The molecule has 2 amide bonds. The zero-order valence-electron chi connectivity index (χ0n) is 18.3. The minimum atomic E-state index is -1.36. The SMILES string of the molecule is CC(C)(C)OC(=O)N1CC(c2cccc(C(=O)O)c2F)[C@@H](C2CCCCC2)[C@H]1C(N)=O. The summed E-state index contributed by atoms with van der Waals surface area (Å²) in [7, 11) is 0. The van der Waals surface area contributed by atoms with Gasteiger partial charge >= 0.3 is 12.1 Å². The molecule has 1 aromatic rings. The van der Waals surface area contributed by atoms with Crippen LogP contribution in [0.2, 0.25) is 0 Å². The Kier molecular flexibility index (Phi) is 6.57. The normalized spacial score (nSPS) is 24.8. The predicted octanol–water partition coefficient (Wildman–Crippen LogP) is 3.91. The van der Waals surface area contributed by atoms with E-state index in [1.807, 2.05) is 0 Å². The van der Waals surface area contributed by atoms with Gasteiger partial charge in [0.25, 0.3) is 0 Å². The fourth-order valence-corrected chi connectivity index (χ4v) is 5.14. The van der Waals surface area contributed by atoms with Crippen LogP contribution in [0.5, 0.6) is 0 Å². The second-order valence-electron chi connectivity index (χ2n) is 9.58. The highest BCUT2D eigenvalue weighted by Gasteiger charge is 2.52. The molecule has 3 atom stereocenters. The number of ether oxygens (including phenoxy) is 1. The summed E-state index contributed by atoms with van der Waals surface area (Å²) in [5.41, 5.74) is 4.77. The van der Waals surface area contributed by atoms with Crippen molar-refractivity contribution in [3.05, 3.63) is 35.1 Å². The van der Waals surface area contributed by atoms with Gasteiger partial charge in [-0.25, -0.2) is 14.0 Å². The molecule has 8 heteroatoms. The maximum Gasteiger partial charge on any atom is 0.411 e. The largest absolute Gasteiger partial charge is 0.478 e. The number of benzene rings is 1. The second kappa shape index (κ2) is 8.85. The lowest BCUT2D eigenvalue weighted by Crippen LogP contribution is -2.49. The summed E-state index contributed by atoms with van der Waals surface area (Å²) in [5.74, 6) is -3.70. The van der Waals surface area contributed by atoms with Gasteiger partial charge in [-0.05, 0) is 44.2 Å². The Bertz CT molecular complexity index is 860. The molecule has 0 spiro atoms. The average molecular weight is 435 g/mol. The van der Waals surface area contributed by atoms with Crippen molar-refractivity contribution in [3.8, 4) is 0 Å². The van der Waals surface area contributed by atoms with Gasteiger partial charge in [0.15, 0.2) is 0 Å². The molecule has 7 nitrogen and oxygen atoms in total. The third-order valence-corrected chi connectivity index (χ3v) is 6.33. The number of nitrogens with zero attached hydrogens (tertiary/aromatic N) is 1. The van der Waals surface area contributed by atoms with E-state index in [-0.39, 0.29) is 18.0 Å². The summed E-state index contributed by atoms with van der Waals surface area (Å²) in [6.07, 6.45) is 4.11. The van der Waals surface area contributed by atoms with E-state index in [9.17, 15) is 19.5 Å². The molecule has 2 fully saturated rings. The van der Waals surface area contributed by atoms with Gasteiger partial charge in [-0.3, -0.25) is 9.69 Å². The zero-order chi connectivity index (χ0) is 22.9. The van der Waals surface area contributed by atoms with E-state index in [2.05, 4.69) is 0 Å². The van der Waals surface area contributed by atoms with Crippen LogP contribution in [-0.2, 0) is 9.53 Å². The molecule has 1 unspecified atom stereocenters. The summed E-state index contributed by atoms with van der Waals surface area (Å²) >= 11 is 0. The first kappa shape index (κ1) is 23.0. The Hall–Kier alpha value is -2.64. The van der Waals surface area contributed by atoms with E-state index in [1.54, 1.807) is 26.8 Å². The first-order valence-electron chi connectivity index (χ1n) is 10.8. The molecule has 2 aliphatic rings. The maximum atomic E-state index is 15.2. The highest BCUT2D eigenvalue weighted by atomic mass is 19.1. The zero-order valence-corrected chi connectivity index (χ0v) is 18.3. The Morgan fingerprint density at radius 2 is 1.81 bits per heavy atom. The minimum Gasteiger partial charge on any atom is -0.478 e. The van der Waals surface area contributed by atoms with Crippen molar-refractivity contribution >= 4 is 18.0 Å². The average Bonchev–Trinajstić information content (AvgIpc) is 3.08. The van der Waals surface area contributed by atoms with Gasteiger partial charge in [0, 0.05) is 12.5 Å². The van der Waals surface area contributed by atoms with Crippen LogP contribution in [-0.4, -0.2) is 46.2 Å². The minimum absolute atomic E-state index is 0.0453. The number of nitrogens with two attached hydrogens (primary N) is 1. The molecule has 1 saturated heterocycles. The number of likely N-dealkylation sites (tertiary alicyclic amines) is 1. The van der Waals surface area contributed by atoms with E-state index in [4.69, 9.17) is 10.5 Å². The number of carboxylic acid groups (broad SMARTS) is 1. The molecule has 1 heterocycles. The Balaban J connectivity index is 2.07. The van der Waals surface area contributed by atoms with Crippen molar-refractivity contribution in [3.63, 3.8) is 0 Å². The topological polar surface area (TPSA) is 110 Å². The van der Waals surface area contributed by atoms with E-state index in [0.717, 1.165) is 32.1 Å². The molecule has 3 rings (SSSR count). The number of carbonyl (C=O) groups excluding carboxylic acids is 2. The van der Waals surface area contributed by atoms with E-state index >= 15 is 4.39 Å². The maximum absolute atomic E-state index is 15.2. The molecule has 1 saturated carbocycles. The number of carboxylic acids is 1. The van der Waals surface area contributed by atoms with Crippen molar-refractivity contribution < 1.29 is 28.6 Å². The van der Waals surface area contributed by atoms with Gasteiger partial charge in [-0.1, -0.05) is 44.2 Å². The molecular formula is C23H31FN2O5. The fourth-order valence-electron chi connectivity index (χ4n) is 5.14. The van der Waals surface area contributed by atoms with Gasteiger partial charge in [-0.15, -0.1) is 0 Å². The van der Waals surface area contributed by atoms with Crippen LogP contribution in [0.4, 0.5) is 9.18 Å². The highest BCUT2D eigenvalue weighted by molar-refractivity contribution is 5.88.